The topological polar surface area (TPSA) is 68.5 Å². The fourth-order valence-corrected chi connectivity index (χ4v) is 4.96. The standard InChI is InChI=1S/C23H22ClN3O3/c1-14-21(22(26-30-14)18-6-2-3-7-19(18)24)23(28)27-15-9-10-16(27)13-17(12-15)29-20-8-4-5-11-25-20/h2-8,11,15-17H,9-10,12-13H2,1H3. The molecule has 0 radical (unpaired) electrons. The lowest BCUT2D eigenvalue weighted by Crippen LogP contribution is -2.49. The first-order valence-corrected chi connectivity index (χ1v) is 10.6. The lowest BCUT2D eigenvalue weighted by atomic mass is 9.97. The van der Waals surface area contributed by atoms with Gasteiger partial charge in [-0.3, -0.25) is 4.79 Å². The molecule has 3 aromatic rings. The summed E-state index contributed by atoms with van der Waals surface area (Å²) in [4.78, 5) is 19.9. The van der Waals surface area contributed by atoms with Gasteiger partial charge in [0.15, 0.2) is 0 Å². The van der Waals surface area contributed by atoms with Crippen molar-refractivity contribution in [1.82, 2.24) is 15.0 Å². The third-order valence-electron chi connectivity index (χ3n) is 6.06. The second-order valence-corrected chi connectivity index (χ2v) is 8.33. The highest BCUT2D eigenvalue weighted by Crippen LogP contribution is 2.40. The van der Waals surface area contributed by atoms with Gasteiger partial charge in [-0.05, 0) is 31.9 Å². The van der Waals surface area contributed by atoms with Crippen molar-refractivity contribution in [3.8, 4) is 17.1 Å². The molecule has 1 amide bonds. The highest BCUT2D eigenvalue weighted by Gasteiger charge is 2.45. The molecular weight excluding hydrogens is 402 g/mol. The van der Waals surface area contributed by atoms with Crippen LogP contribution in [0.5, 0.6) is 5.88 Å². The van der Waals surface area contributed by atoms with E-state index >= 15 is 0 Å². The van der Waals surface area contributed by atoms with Crippen LogP contribution < -0.4 is 4.74 Å². The number of aryl methyl sites for hydroxylation is 1. The van der Waals surface area contributed by atoms with Gasteiger partial charge in [0.25, 0.3) is 5.91 Å². The number of hydrogen-bond acceptors (Lipinski definition) is 5. The molecule has 2 atom stereocenters. The van der Waals surface area contributed by atoms with Crippen LogP contribution >= 0.6 is 11.6 Å². The van der Waals surface area contributed by atoms with E-state index in [4.69, 9.17) is 20.9 Å². The van der Waals surface area contributed by atoms with Gasteiger partial charge in [-0.25, -0.2) is 4.98 Å². The van der Waals surface area contributed by atoms with Gasteiger partial charge in [0.05, 0.1) is 5.02 Å². The first-order chi connectivity index (χ1) is 14.6. The van der Waals surface area contributed by atoms with E-state index < -0.39 is 0 Å². The van der Waals surface area contributed by atoms with E-state index in [9.17, 15) is 4.79 Å². The van der Waals surface area contributed by atoms with Gasteiger partial charge in [-0.15, -0.1) is 0 Å². The Kier molecular flexibility index (Phi) is 4.95. The summed E-state index contributed by atoms with van der Waals surface area (Å²) in [5.74, 6) is 1.12. The average molecular weight is 424 g/mol. The number of hydrogen-bond donors (Lipinski definition) is 0. The van der Waals surface area contributed by atoms with E-state index in [-0.39, 0.29) is 24.1 Å². The number of rotatable bonds is 4. The summed E-state index contributed by atoms with van der Waals surface area (Å²) < 4.78 is 11.5. The van der Waals surface area contributed by atoms with Gasteiger partial charge in [0.1, 0.15) is 23.1 Å². The molecule has 30 heavy (non-hydrogen) atoms. The Morgan fingerprint density at radius 3 is 2.57 bits per heavy atom. The summed E-state index contributed by atoms with van der Waals surface area (Å²) in [5, 5.41) is 4.71. The predicted octanol–water partition coefficient (Wildman–Crippen LogP) is 4.91. The largest absolute Gasteiger partial charge is 0.474 e. The van der Waals surface area contributed by atoms with Crippen LogP contribution in [-0.2, 0) is 0 Å². The number of nitrogens with zero attached hydrogens (tertiary/aromatic N) is 3. The van der Waals surface area contributed by atoms with Gasteiger partial charge in [-0.2, -0.15) is 0 Å². The van der Waals surface area contributed by atoms with Gasteiger partial charge >= 0.3 is 0 Å². The molecule has 2 aliphatic heterocycles. The maximum atomic E-state index is 13.6. The monoisotopic (exact) mass is 423 g/mol. The van der Waals surface area contributed by atoms with Gasteiger partial charge in [-0.1, -0.05) is 41.0 Å². The SMILES string of the molecule is Cc1onc(-c2ccccc2Cl)c1C(=O)N1C2CCC1CC(Oc1ccccn1)C2. The Bertz CT molecular complexity index is 1050. The summed E-state index contributed by atoms with van der Waals surface area (Å²) in [7, 11) is 0. The van der Waals surface area contributed by atoms with Crippen LogP contribution in [0.1, 0.15) is 41.8 Å². The number of piperidine rings is 1. The fraction of sp³-hybridized carbons (Fsp3) is 0.348. The van der Waals surface area contributed by atoms with Crippen molar-refractivity contribution in [3.63, 3.8) is 0 Å². The number of pyridine rings is 1. The maximum Gasteiger partial charge on any atom is 0.260 e. The summed E-state index contributed by atoms with van der Waals surface area (Å²) in [6, 6.07) is 13.3. The molecule has 154 valence electrons. The van der Waals surface area contributed by atoms with Gasteiger partial charge in [0, 0.05) is 42.8 Å². The van der Waals surface area contributed by atoms with Gasteiger partial charge < -0.3 is 14.2 Å². The quantitative estimate of drug-likeness (QED) is 0.596. The smallest absolute Gasteiger partial charge is 0.260 e. The molecule has 5 rings (SSSR count). The van der Waals surface area contributed by atoms with E-state index in [0.717, 1.165) is 25.7 Å². The van der Waals surface area contributed by atoms with E-state index in [2.05, 4.69) is 10.1 Å². The Balaban J connectivity index is 1.40. The molecular formula is C23H22ClN3O3. The predicted molar refractivity (Wildman–Crippen MR) is 113 cm³/mol. The second kappa shape index (κ2) is 7.76. The zero-order valence-corrected chi connectivity index (χ0v) is 17.4. The third kappa shape index (κ3) is 3.35. The van der Waals surface area contributed by atoms with Gasteiger partial charge in [0.2, 0.25) is 5.88 Å². The lowest BCUT2D eigenvalue weighted by Gasteiger charge is -2.38. The highest BCUT2D eigenvalue weighted by molar-refractivity contribution is 6.33. The number of fused-ring (bicyclic) bond motifs is 2. The van der Waals surface area contributed by atoms with E-state index in [1.807, 2.05) is 41.3 Å². The van der Waals surface area contributed by atoms with E-state index in [0.29, 0.717) is 33.5 Å². The number of ether oxygens (including phenoxy) is 1. The van der Waals surface area contributed by atoms with Crippen LogP contribution in [0.3, 0.4) is 0 Å². The number of carbonyl (C=O) groups is 1. The molecule has 2 fully saturated rings. The van der Waals surface area contributed by atoms with Crippen LogP contribution in [0.4, 0.5) is 0 Å². The molecule has 1 aromatic carbocycles. The van der Waals surface area contributed by atoms with Crippen molar-refractivity contribution in [2.24, 2.45) is 0 Å². The van der Waals surface area contributed by atoms with Crippen LogP contribution in [0, 0.1) is 6.92 Å². The van der Waals surface area contributed by atoms with Crippen molar-refractivity contribution in [1.29, 1.82) is 0 Å². The van der Waals surface area contributed by atoms with Crippen molar-refractivity contribution in [3.05, 3.63) is 65.0 Å². The molecule has 2 saturated heterocycles. The van der Waals surface area contributed by atoms with E-state index in [1.165, 1.54) is 0 Å². The number of carbonyl (C=O) groups excluding carboxylic acids is 1. The van der Waals surface area contributed by atoms with Crippen LogP contribution in [-0.4, -0.2) is 39.1 Å². The maximum absolute atomic E-state index is 13.6. The molecule has 2 unspecified atom stereocenters. The third-order valence-corrected chi connectivity index (χ3v) is 6.38. The molecule has 2 aromatic heterocycles. The molecule has 2 aliphatic rings. The Morgan fingerprint density at radius 2 is 1.87 bits per heavy atom. The minimum atomic E-state index is -0.0348. The molecule has 0 aliphatic carbocycles. The summed E-state index contributed by atoms with van der Waals surface area (Å²) in [5.41, 5.74) is 1.72. The van der Waals surface area contributed by atoms with E-state index in [1.54, 1.807) is 19.2 Å². The fourth-order valence-electron chi connectivity index (χ4n) is 4.73. The Morgan fingerprint density at radius 1 is 1.13 bits per heavy atom. The summed E-state index contributed by atoms with van der Waals surface area (Å²) in [6.45, 7) is 1.78. The van der Waals surface area contributed by atoms with Crippen molar-refractivity contribution < 1.29 is 14.1 Å². The molecule has 0 spiro atoms. The molecule has 0 N–H and O–H groups in total. The number of amides is 1. The lowest BCUT2D eigenvalue weighted by molar-refractivity contribution is 0.0347. The molecule has 7 heteroatoms. The summed E-state index contributed by atoms with van der Waals surface area (Å²) >= 11 is 6.37. The first kappa shape index (κ1) is 19.1. The minimum Gasteiger partial charge on any atom is -0.474 e. The van der Waals surface area contributed by atoms with Crippen molar-refractivity contribution >= 4 is 17.5 Å². The second-order valence-electron chi connectivity index (χ2n) is 7.92. The Hall–Kier alpha value is -2.86. The number of aromatic nitrogens is 2. The minimum absolute atomic E-state index is 0.0348. The van der Waals surface area contributed by atoms with Crippen molar-refractivity contribution in [2.75, 3.05) is 0 Å². The highest BCUT2D eigenvalue weighted by atomic mass is 35.5. The van der Waals surface area contributed by atoms with Crippen LogP contribution in [0.15, 0.2) is 53.2 Å². The van der Waals surface area contributed by atoms with Crippen LogP contribution in [0.2, 0.25) is 5.02 Å². The Labute approximate surface area is 179 Å². The first-order valence-electron chi connectivity index (χ1n) is 10.2. The van der Waals surface area contributed by atoms with Crippen LogP contribution in [0.25, 0.3) is 11.3 Å². The number of halogens is 1. The molecule has 0 saturated carbocycles. The number of benzene rings is 1. The average Bonchev–Trinajstić information content (AvgIpc) is 3.26. The molecule has 4 heterocycles. The molecule has 6 nitrogen and oxygen atoms in total. The zero-order chi connectivity index (χ0) is 20.7. The summed E-state index contributed by atoms with van der Waals surface area (Å²) in [6.07, 6.45) is 5.34. The van der Waals surface area contributed by atoms with Crippen molar-refractivity contribution in [2.45, 2.75) is 50.8 Å². The zero-order valence-electron chi connectivity index (χ0n) is 16.6. The normalized spacial score (nSPS) is 22.9. The molecule has 2 bridgehead atoms.